The van der Waals surface area contributed by atoms with Crippen molar-refractivity contribution in [2.45, 2.75) is 6.92 Å². The lowest BCUT2D eigenvalue weighted by Gasteiger charge is -2.28. The molecule has 9 heteroatoms. The van der Waals surface area contributed by atoms with Gasteiger partial charge in [-0.05, 0) is 48.7 Å². The molecule has 0 unspecified atom stereocenters. The number of benzene rings is 2. The number of aromatic nitrogens is 3. The zero-order valence-electron chi connectivity index (χ0n) is 19.0. The summed E-state index contributed by atoms with van der Waals surface area (Å²) >= 11 is 1.51. The number of anilines is 2. The first kappa shape index (κ1) is 22.1. The third-order valence-corrected chi connectivity index (χ3v) is 6.80. The van der Waals surface area contributed by atoms with Crippen LogP contribution in [0.25, 0.3) is 11.3 Å². The summed E-state index contributed by atoms with van der Waals surface area (Å²) in [7, 11) is 1.65. The summed E-state index contributed by atoms with van der Waals surface area (Å²) in [5.74, 6) is 2.00. The number of allylic oxidation sites excluding steroid dienone is 2. The van der Waals surface area contributed by atoms with Crippen molar-refractivity contribution < 1.29 is 9.47 Å². The van der Waals surface area contributed by atoms with Gasteiger partial charge in [0.15, 0.2) is 5.82 Å². The highest BCUT2D eigenvalue weighted by molar-refractivity contribution is 8.06. The summed E-state index contributed by atoms with van der Waals surface area (Å²) in [5, 5.41) is 22.3. The lowest BCUT2D eigenvalue weighted by molar-refractivity contribution is 0.122. The van der Waals surface area contributed by atoms with E-state index in [9.17, 15) is 5.26 Å². The van der Waals surface area contributed by atoms with E-state index in [0.717, 1.165) is 40.9 Å². The molecule has 2 aliphatic rings. The predicted molar refractivity (Wildman–Crippen MR) is 134 cm³/mol. The largest absolute Gasteiger partial charge is 0.497 e. The number of methoxy groups -OCH3 is 1. The van der Waals surface area contributed by atoms with E-state index in [1.807, 2.05) is 71.5 Å². The first-order valence-corrected chi connectivity index (χ1v) is 11.8. The maximum Gasteiger partial charge on any atom is 0.232 e. The molecule has 0 radical (unpaired) electrons. The Morgan fingerprint density at radius 1 is 1.03 bits per heavy atom. The van der Waals surface area contributed by atoms with Crippen LogP contribution in [-0.4, -0.2) is 48.2 Å². The molecule has 8 nitrogen and oxygen atoms in total. The maximum absolute atomic E-state index is 10.4. The van der Waals surface area contributed by atoms with Crippen LogP contribution in [0.1, 0.15) is 12.7 Å². The third kappa shape index (κ3) is 4.02. The quantitative estimate of drug-likeness (QED) is 0.505. The number of thioether (sulfide) groups is 1. The minimum atomic E-state index is 0.463. The van der Waals surface area contributed by atoms with Crippen molar-refractivity contribution in [3.8, 4) is 17.5 Å². The lowest BCUT2D eigenvalue weighted by Crippen LogP contribution is -2.38. The van der Waals surface area contributed by atoms with E-state index in [1.165, 1.54) is 11.8 Å². The van der Waals surface area contributed by atoms with Gasteiger partial charge in [0.05, 0.1) is 26.0 Å². The Hall–Kier alpha value is -3.74. The van der Waals surface area contributed by atoms with Crippen molar-refractivity contribution in [3.05, 3.63) is 76.6 Å². The minimum absolute atomic E-state index is 0.463. The SMILES string of the molecule is COc1ccc(N2C(C)=CS/C2=C(\C#N)c2nnc(N3CCOCC3)n2-c2ccccc2)cc1. The molecule has 0 aliphatic carbocycles. The van der Waals surface area contributed by atoms with Crippen LogP contribution in [0.4, 0.5) is 11.6 Å². The van der Waals surface area contributed by atoms with Crippen LogP contribution in [-0.2, 0) is 4.74 Å². The van der Waals surface area contributed by atoms with E-state index >= 15 is 0 Å². The molecule has 0 amide bonds. The third-order valence-electron chi connectivity index (χ3n) is 5.73. The molecule has 1 aromatic heterocycles. The van der Waals surface area contributed by atoms with Gasteiger partial charge < -0.3 is 19.3 Å². The standard InChI is InChI=1S/C25H24N6O2S/c1-18-17-34-24(30(18)20-8-10-21(32-2)11-9-20)22(16-26)23-27-28-25(29-12-14-33-15-13-29)31(23)19-6-4-3-5-7-19/h3-11,17H,12-15H2,1-2H3/b24-22+. The number of ether oxygens (including phenoxy) is 2. The monoisotopic (exact) mass is 472 g/mol. The fourth-order valence-corrected chi connectivity index (χ4v) is 5.04. The van der Waals surface area contributed by atoms with Crippen LogP contribution in [0.15, 0.2) is 70.7 Å². The molecule has 3 heterocycles. The predicted octanol–water partition coefficient (Wildman–Crippen LogP) is 4.42. The zero-order chi connectivity index (χ0) is 23.5. The van der Waals surface area contributed by atoms with Crippen molar-refractivity contribution in [1.29, 1.82) is 5.26 Å². The van der Waals surface area contributed by atoms with Gasteiger partial charge in [-0.1, -0.05) is 30.0 Å². The molecular formula is C25H24N6O2S. The average Bonchev–Trinajstić information content (AvgIpc) is 3.50. The zero-order valence-corrected chi connectivity index (χ0v) is 19.8. The Balaban J connectivity index is 1.65. The topological polar surface area (TPSA) is 79.4 Å². The summed E-state index contributed by atoms with van der Waals surface area (Å²) in [6.07, 6.45) is 0. The van der Waals surface area contributed by atoms with Gasteiger partial charge in [-0.15, -0.1) is 10.2 Å². The summed E-state index contributed by atoms with van der Waals surface area (Å²) in [4.78, 5) is 4.22. The summed E-state index contributed by atoms with van der Waals surface area (Å²) in [6.45, 7) is 4.73. The normalized spacial score (nSPS) is 17.4. The second-order valence-electron chi connectivity index (χ2n) is 7.80. The average molecular weight is 473 g/mol. The van der Waals surface area contributed by atoms with Gasteiger partial charge in [-0.25, -0.2) is 0 Å². The van der Waals surface area contributed by atoms with Crippen LogP contribution in [0, 0.1) is 11.3 Å². The highest BCUT2D eigenvalue weighted by Crippen LogP contribution is 2.43. The van der Waals surface area contributed by atoms with Crippen molar-refractivity contribution >= 4 is 29.0 Å². The highest BCUT2D eigenvalue weighted by atomic mass is 32.2. The number of para-hydroxylation sites is 1. The Labute approximate surface area is 202 Å². The first-order chi connectivity index (χ1) is 16.7. The molecule has 34 heavy (non-hydrogen) atoms. The van der Waals surface area contributed by atoms with Crippen molar-refractivity contribution in [2.24, 2.45) is 0 Å². The number of rotatable bonds is 5. The van der Waals surface area contributed by atoms with Crippen molar-refractivity contribution in [3.63, 3.8) is 0 Å². The Bertz CT molecular complexity index is 1270. The molecule has 0 bridgehead atoms. The van der Waals surface area contributed by atoms with Crippen molar-refractivity contribution in [2.75, 3.05) is 43.2 Å². The molecule has 2 aromatic carbocycles. The van der Waals surface area contributed by atoms with E-state index in [1.54, 1.807) is 7.11 Å². The lowest BCUT2D eigenvalue weighted by atomic mass is 10.2. The van der Waals surface area contributed by atoms with Crippen LogP contribution in [0.2, 0.25) is 0 Å². The van der Waals surface area contributed by atoms with Crippen LogP contribution < -0.4 is 14.5 Å². The molecule has 0 atom stereocenters. The summed E-state index contributed by atoms with van der Waals surface area (Å²) < 4.78 is 12.8. The van der Waals surface area contributed by atoms with Crippen LogP contribution in [0.3, 0.4) is 0 Å². The van der Waals surface area contributed by atoms with E-state index in [0.29, 0.717) is 30.6 Å². The minimum Gasteiger partial charge on any atom is -0.497 e. The molecule has 5 rings (SSSR count). The van der Waals surface area contributed by atoms with Gasteiger partial charge in [0.25, 0.3) is 0 Å². The molecule has 172 valence electrons. The summed E-state index contributed by atoms with van der Waals surface area (Å²) in [6, 6.07) is 20.1. The fourth-order valence-electron chi connectivity index (χ4n) is 4.04. The molecule has 0 N–H and O–H groups in total. The first-order valence-electron chi connectivity index (χ1n) is 11.0. The van der Waals surface area contributed by atoms with Gasteiger partial charge in [-0.3, -0.25) is 4.57 Å². The van der Waals surface area contributed by atoms with E-state index in [4.69, 9.17) is 9.47 Å². The molecular weight excluding hydrogens is 448 g/mol. The number of morpholine rings is 1. The Kier molecular flexibility index (Phi) is 6.25. The van der Waals surface area contributed by atoms with Gasteiger partial charge >= 0.3 is 0 Å². The molecule has 1 saturated heterocycles. The van der Waals surface area contributed by atoms with Gasteiger partial charge in [0, 0.05) is 24.5 Å². The number of hydrogen-bond donors (Lipinski definition) is 0. The van der Waals surface area contributed by atoms with E-state index in [2.05, 4.69) is 26.1 Å². The van der Waals surface area contributed by atoms with Gasteiger partial charge in [0.1, 0.15) is 22.4 Å². The molecule has 0 spiro atoms. The number of nitrogens with zero attached hydrogens (tertiary/aromatic N) is 6. The van der Waals surface area contributed by atoms with Gasteiger partial charge in [0.2, 0.25) is 5.95 Å². The Morgan fingerprint density at radius 3 is 2.44 bits per heavy atom. The molecule has 2 aliphatic heterocycles. The highest BCUT2D eigenvalue weighted by Gasteiger charge is 2.30. The van der Waals surface area contributed by atoms with Crippen LogP contribution >= 0.6 is 11.8 Å². The van der Waals surface area contributed by atoms with Crippen LogP contribution in [0.5, 0.6) is 5.75 Å². The second kappa shape index (κ2) is 9.63. The molecule has 1 fully saturated rings. The molecule has 3 aromatic rings. The Morgan fingerprint density at radius 2 is 1.76 bits per heavy atom. The van der Waals surface area contributed by atoms with E-state index in [-0.39, 0.29) is 0 Å². The van der Waals surface area contributed by atoms with Crippen molar-refractivity contribution in [1.82, 2.24) is 14.8 Å². The smallest absolute Gasteiger partial charge is 0.232 e. The summed E-state index contributed by atoms with van der Waals surface area (Å²) in [5.41, 5.74) is 3.34. The second-order valence-corrected chi connectivity index (χ2v) is 8.65. The molecule has 0 saturated carbocycles. The maximum atomic E-state index is 10.4. The van der Waals surface area contributed by atoms with Gasteiger partial charge in [-0.2, -0.15) is 5.26 Å². The number of nitriles is 1. The van der Waals surface area contributed by atoms with E-state index < -0.39 is 0 Å². The number of hydrogen-bond acceptors (Lipinski definition) is 8. The fraction of sp³-hybridized carbons (Fsp3) is 0.240.